The van der Waals surface area contributed by atoms with Gasteiger partial charge in [0.1, 0.15) is 5.60 Å². The molecule has 2 aliphatic rings. The molecule has 0 spiro atoms. The molecule has 2 fully saturated rings. The van der Waals surface area contributed by atoms with E-state index in [0.717, 1.165) is 26.1 Å². The van der Waals surface area contributed by atoms with E-state index in [-0.39, 0.29) is 12.1 Å². The lowest BCUT2D eigenvalue weighted by Gasteiger charge is -2.41. The number of piperidine rings is 1. The predicted octanol–water partition coefficient (Wildman–Crippen LogP) is 1.15. The number of likely N-dealkylation sites (N-methyl/N-ethyl adjacent to an activating group) is 1. The highest BCUT2D eigenvalue weighted by molar-refractivity contribution is 5.69. The number of hydrogen-bond acceptors (Lipinski definition) is 4. The summed E-state index contributed by atoms with van der Waals surface area (Å²) < 4.78 is 5.54. The largest absolute Gasteiger partial charge is 0.444 e. The Hall–Kier alpha value is -0.810. The van der Waals surface area contributed by atoms with E-state index in [4.69, 9.17) is 4.74 Å². The van der Waals surface area contributed by atoms with Gasteiger partial charge in [-0.2, -0.15) is 0 Å². The van der Waals surface area contributed by atoms with Crippen molar-refractivity contribution in [2.45, 2.75) is 44.9 Å². The predicted molar refractivity (Wildman–Crippen MR) is 75.2 cm³/mol. The maximum Gasteiger partial charge on any atom is 0.410 e. The number of rotatable bonds is 1. The van der Waals surface area contributed by atoms with Crippen molar-refractivity contribution in [2.75, 3.05) is 33.7 Å². The monoisotopic (exact) mass is 269 g/mol. The van der Waals surface area contributed by atoms with E-state index in [2.05, 4.69) is 17.3 Å². The summed E-state index contributed by atoms with van der Waals surface area (Å²) >= 11 is 0. The Bertz CT molecular complexity index is 340. The number of hydrogen-bond donors (Lipinski definition) is 1. The molecule has 5 heteroatoms. The van der Waals surface area contributed by atoms with Crippen LogP contribution in [0.5, 0.6) is 0 Å². The highest BCUT2D eigenvalue weighted by Crippen LogP contribution is 2.31. The SMILES string of the molecule is CNC1CCN(C(=O)OC(C)(C)C)C2CN(C)CC12. The van der Waals surface area contributed by atoms with Crippen LogP contribution in [0.25, 0.3) is 0 Å². The van der Waals surface area contributed by atoms with Gasteiger partial charge in [-0.3, -0.25) is 0 Å². The zero-order valence-electron chi connectivity index (χ0n) is 12.8. The normalized spacial score (nSPS) is 32.3. The smallest absolute Gasteiger partial charge is 0.410 e. The van der Waals surface area contributed by atoms with Gasteiger partial charge in [-0.05, 0) is 41.3 Å². The molecule has 5 nitrogen and oxygen atoms in total. The fourth-order valence-corrected chi connectivity index (χ4v) is 3.30. The Morgan fingerprint density at radius 1 is 1.32 bits per heavy atom. The first-order chi connectivity index (χ1) is 8.81. The van der Waals surface area contributed by atoms with Crippen molar-refractivity contribution in [1.29, 1.82) is 0 Å². The lowest BCUT2D eigenvalue weighted by atomic mass is 9.87. The molecule has 0 saturated carbocycles. The Kier molecular flexibility index (Phi) is 4.06. The van der Waals surface area contributed by atoms with Gasteiger partial charge in [0.05, 0.1) is 6.04 Å². The van der Waals surface area contributed by atoms with Crippen molar-refractivity contribution in [3.63, 3.8) is 0 Å². The number of likely N-dealkylation sites (tertiary alicyclic amines) is 2. The fourth-order valence-electron chi connectivity index (χ4n) is 3.30. The molecule has 1 N–H and O–H groups in total. The van der Waals surface area contributed by atoms with E-state index >= 15 is 0 Å². The van der Waals surface area contributed by atoms with Crippen molar-refractivity contribution >= 4 is 6.09 Å². The summed E-state index contributed by atoms with van der Waals surface area (Å²) in [5, 5.41) is 3.40. The minimum Gasteiger partial charge on any atom is -0.444 e. The molecule has 0 aromatic rings. The number of nitrogens with one attached hydrogen (secondary N) is 1. The number of amides is 1. The summed E-state index contributed by atoms with van der Waals surface area (Å²) in [5.41, 5.74) is -0.420. The van der Waals surface area contributed by atoms with E-state index in [1.165, 1.54) is 0 Å². The van der Waals surface area contributed by atoms with Gasteiger partial charge in [0.25, 0.3) is 0 Å². The Morgan fingerprint density at radius 3 is 2.58 bits per heavy atom. The van der Waals surface area contributed by atoms with Gasteiger partial charge in [-0.1, -0.05) is 0 Å². The van der Waals surface area contributed by atoms with Gasteiger partial charge in [0.15, 0.2) is 0 Å². The lowest BCUT2D eigenvalue weighted by molar-refractivity contribution is 0.00245. The third-order valence-electron chi connectivity index (χ3n) is 4.11. The van der Waals surface area contributed by atoms with Crippen LogP contribution in [0.1, 0.15) is 27.2 Å². The molecule has 0 aromatic heterocycles. The van der Waals surface area contributed by atoms with Crippen molar-refractivity contribution in [3.8, 4) is 0 Å². The molecule has 1 amide bonds. The highest BCUT2D eigenvalue weighted by Gasteiger charge is 2.45. The van der Waals surface area contributed by atoms with Crippen molar-refractivity contribution < 1.29 is 9.53 Å². The van der Waals surface area contributed by atoms with Gasteiger partial charge in [-0.15, -0.1) is 0 Å². The Morgan fingerprint density at radius 2 is 2.00 bits per heavy atom. The molecule has 0 radical (unpaired) electrons. The van der Waals surface area contributed by atoms with Crippen LogP contribution in [0.4, 0.5) is 4.79 Å². The zero-order valence-corrected chi connectivity index (χ0v) is 12.8. The third kappa shape index (κ3) is 3.20. The number of nitrogens with zero attached hydrogens (tertiary/aromatic N) is 2. The second kappa shape index (κ2) is 5.29. The van der Waals surface area contributed by atoms with Crippen LogP contribution in [0.2, 0.25) is 0 Å². The average Bonchev–Trinajstić information content (AvgIpc) is 2.66. The van der Waals surface area contributed by atoms with Crippen LogP contribution in [0.15, 0.2) is 0 Å². The second-order valence-corrected chi connectivity index (χ2v) is 6.81. The topological polar surface area (TPSA) is 44.8 Å². The first kappa shape index (κ1) is 14.6. The molecular weight excluding hydrogens is 242 g/mol. The van der Waals surface area contributed by atoms with Crippen LogP contribution >= 0.6 is 0 Å². The first-order valence-electron chi connectivity index (χ1n) is 7.17. The second-order valence-electron chi connectivity index (χ2n) is 6.81. The van der Waals surface area contributed by atoms with Gasteiger partial charge in [0, 0.05) is 31.6 Å². The van der Waals surface area contributed by atoms with Crippen LogP contribution in [0, 0.1) is 5.92 Å². The van der Waals surface area contributed by atoms with Gasteiger partial charge >= 0.3 is 6.09 Å². The number of carbonyl (C=O) groups excluding carboxylic acids is 1. The number of ether oxygens (including phenoxy) is 1. The summed E-state index contributed by atoms with van der Waals surface area (Å²) in [5.74, 6) is 0.510. The van der Waals surface area contributed by atoms with Gasteiger partial charge in [-0.25, -0.2) is 4.79 Å². The number of carbonyl (C=O) groups is 1. The molecule has 3 unspecified atom stereocenters. The van der Waals surface area contributed by atoms with Gasteiger partial charge < -0.3 is 19.9 Å². The summed E-state index contributed by atoms with van der Waals surface area (Å²) in [6, 6.07) is 0.791. The zero-order chi connectivity index (χ0) is 14.2. The summed E-state index contributed by atoms with van der Waals surface area (Å²) in [7, 11) is 4.14. The molecule has 0 aromatic carbocycles. The van der Waals surface area contributed by atoms with Crippen molar-refractivity contribution in [2.24, 2.45) is 5.92 Å². The summed E-state index contributed by atoms with van der Waals surface area (Å²) in [6.07, 6.45) is 0.845. The van der Waals surface area contributed by atoms with E-state index in [1.54, 1.807) is 0 Å². The standard InChI is InChI=1S/C14H27N3O2/c1-14(2,3)19-13(18)17-7-6-11(15-4)10-8-16(5)9-12(10)17/h10-12,15H,6-9H2,1-5H3. The molecule has 19 heavy (non-hydrogen) atoms. The van der Waals surface area contributed by atoms with E-state index < -0.39 is 5.60 Å². The minimum atomic E-state index is -0.420. The quantitative estimate of drug-likeness (QED) is 0.775. The van der Waals surface area contributed by atoms with Crippen LogP contribution in [0.3, 0.4) is 0 Å². The Balaban J connectivity index is 2.08. The molecule has 2 saturated heterocycles. The van der Waals surface area contributed by atoms with E-state index in [9.17, 15) is 4.79 Å². The third-order valence-corrected chi connectivity index (χ3v) is 4.11. The maximum atomic E-state index is 12.3. The minimum absolute atomic E-state index is 0.160. The number of fused-ring (bicyclic) bond motifs is 1. The molecule has 2 heterocycles. The van der Waals surface area contributed by atoms with Crippen molar-refractivity contribution in [1.82, 2.24) is 15.1 Å². The first-order valence-corrected chi connectivity index (χ1v) is 7.17. The molecule has 0 bridgehead atoms. The van der Waals surface area contributed by atoms with Gasteiger partial charge in [0.2, 0.25) is 0 Å². The average molecular weight is 269 g/mol. The van der Waals surface area contributed by atoms with Crippen LogP contribution in [-0.2, 0) is 4.74 Å². The summed E-state index contributed by atoms with van der Waals surface area (Å²) in [4.78, 5) is 16.6. The molecule has 2 aliphatic heterocycles. The van der Waals surface area contributed by atoms with Crippen LogP contribution in [-0.4, -0.2) is 67.3 Å². The van der Waals surface area contributed by atoms with E-state index in [0.29, 0.717) is 12.0 Å². The molecule has 2 rings (SSSR count). The van der Waals surface area contributed by atoms with Crippen LogP contribution < -0.4 is 5.32 Å². The molecule has 110 valence electrons. The van der Waals surface area contributed by atoms with E-state index in [1.807, 2.05) is 32.7 Å². The Labute approximate surface area is 116 Å². The molecular formula is C14H27N3O2. The maximum absolute atomic E-state index is 12.3. The lowest BCUT2D eigenvalue weighted by Crippen LogP contribution is -2.56. The summed E-state index contributed by atoms with van der Waals surface area (Å²) in [6.45, 7) is 8.55. The van der Waals surface area contributed by atoms with Crippen molar-refractivity contribution in [3.05, 3.63) is 0 Å². The fraction of sp³-hybridized carbons (Fsp3) is 0.929. The molecule has 0 aliphatic carbocycles. The molecule has 3 atom stereocenters. The highest BCUT2D eigenvalue weighted by atomic mass is 16.6.